The average Bonchev–Trinajstić information content (AvgIpc) is 2.85. The molecule has 2 aliphatic rings. The summed E-state index contributed by atoms with van der Waals surface area (Å²) in [6.45, 7) is 7.00. The van der Waals surface area contributed by atoms with Gasteiger partial charge in [-0.3, -0.25) is 4.79 Å². The Morgan fingerprint density at radius 3 is 2.74 bits per heavy atom. The maximum absolute atomic E-state index is 12.8. The van der Waals surface area contributed by atoms with E-state index in [1.807, 2.05) is 17.0 Å². The molecular formula is C19H27ClN4O3. The molecule has 2 heterocycles. The van der Waals surface area contributed by atoms with Gasteiger partial charge in [-0.05, 0) is 31.0 Å². The first kappa shape index (κ1) is 19.8. The Hall–Kier alpha value is -1.99. The third-order valence-electron chi connectivity index (χ3n) is 4.87. The molecule has 0 spiro atoms. The summed E-state index contributed by atoms with van der Waals surface area (Å²) < 4.78 is 5.41. The monoisotopic (exact) mass is 394 g/mol. The predicted octanol–water partition coefficient (Wildman–Crippen LogP) is 2.65. The Balaban J connectivity index is 1.71. The molecule has 1 aromatic carbocycles. The smallest absolute Gasteiger partial charge is 0.322 e. The molecule has 3 rings (SSSR count). The van der Waals surface area contributed by atoms with Crippen LogP contribution in [-0.2, 0) is 9.53 Å². The topological polar surface area (TPSA) is 65.1 Å². The van der Waals surface area contributed by atoms with Crippen LogP contribution in [-0.4, -0.2) is 74.2 Å². The molecule has 0 radical (unpaired) electrons. The first-order chi connectivity index (χ1) is 13.1. The summed E-state index contributed by atoms with van der Waals surface area (Å²) >= 11 is 6.16. The van der Waals surface area contributed by atoms with E-state index >= 15 is 0 Å². The molecule has 3 amide bonds. The normalized spacial score (nSPS) is 18.4. The minimum absolute atomic E-state index is 0.00370. The summed E-state index contributed by atoms with van der Waals surface area (Å²) in [5.74, 6) is 0.00370. The standard InChI is InChI=1S/C19H27ClN4O3/c1-2-6-23-7-3-8-24(14-18(23)25)19(26)21-16-13-15(20)4-5-17(16)22-9-11-27-12-10-22/h4-5,13H,2-3,6-12,14H2,1H3,(H,21,26). The Morgan fingerprint density at radius 2 is 2.00 bits per heavy atom. The van der Waals surface area contributed by atoms with Crippen molar-refractivity contribution in [3.63, 3.8) is 0 Å². The van der Waals surface area contributed by atoms with Crippen molar-refractivity contribution in [2.45, 2.75) is 19.8 Å². The highest BCUT2D eigenvalue weighted by molar-refractivity contribution is 6.31. The van der Waals surface area contributed by atoms with E-state index in [1.54, 1.807) is 11.0 Å². The number of carbonyl (C=O) groups is 2. The van der Waals surface area contributed by atoms with Crippen LogP contribution in [0.3, 0.4) is 0 Å². The molecule has 148 valence electrons. The largest absolute Gasteiger partial charge is 0.378 e. The van der Waals surface area contributed by atoms with Crippen molar-refractivity contribution in [1.29, 1.82) is 0 Å². The van der Waals surface area contributed by atoms with Crippen LogP contribution in [0.2, 0.25) is 5.02 Å². The number of morpholine rings is 1. The fourth-order valence-corrected chi connectivity index (χ4v) is 3.65. The van der Waals surface area contributed by atoms with E-state index in [1.165, 1.54) is 0 Å². The van der Waals surface area contributed by atoms with Gasteiger partial charge in [-0.15, -0.1) is 0 Å². The molecule has 0 unspecified atom stereocenters. The van der Waals surface area contributed by atoms with Crippen molar-refractivity contribution in [3.05, 3.63) is 23.2 Å². The third-order valence-corrected chi connectivity index (χ3v) is 5.10. The van der Waals surface area contributed by atoms with Crippen LogP contribution in [0.25, 0.3) is 0 Å². The average molecular weight is 395 g/mol. The van der Waals surface area contributed by atoms with E-state index in [4.69, 9.17) is 16.3 Å². The second-order valence-corrected chi connectivity index (χ2v) is 7.28. The molecule has 1 N–H and O–H groups in total. The van der Waals surface area contributed by atoms with E-state index in [0.717, 1.165) is 38.2 Å². The van der Waals surface area contributed by atoms with Crippen LogP contribution < -0.4 is 10.2 Å². The molecule has 0 atom stereocenters. The van der Waals surface area contributed by atoms with Gasteiger partial charge in [0.15, 0.2) is 0 Å². The summed E-state index contributed by atoms with van der Waals surface area (Å²) in [6.07, 6.45) is 1.70. The van der Waals surface area contributed by atoms with E-state index in [-0.39, 0.29) is 18.5 Å². The van der Waals surface area contributed by atoms with Crippen molar-refractivity contribution in [3.8, 4) is 0 Å². The maximum atomic E-state index is 12.8. The highest BCUT2D eigenvalue weighted by Crippen LogP contribution is 2.30. The first-order valence-corrected chi connectivity index (χ1v) is 9.92. The van der Waals surface area contributed by atoms with Crippen LogP contribution in [0.1, 0.15) is 19.8 Å². The van der Waals surface area contributed by atoms with Gasteiger partial charge < -0.3 is 24.8 Å². The number of urea groups is 1. The zero-order valence-corrected chi connectivity index (χ0v) is 16.5. The number of rotatable bonds is 4. The minimum Gasteiger partial charge on any atom is -0.378 e. The number of anilines is 2. The van der Waals surface area contributed by atoms with Gasteiger partial charge in [-0.2, -0.15) is 0 Å². The Kier molecular flexibility index (Phi) is 6.79. The second-order valence-electron chi connectivity index (χ2n) is 6.85. The molecule has 8 heteroatoms. The van der Waals surface area contributed by atoms with Crippen LogP contribution in [0, 0.1) is 0 Å². The van der Waals surface area contributed by atoms with Gasteiger partial charge in [0.2, 0.25) is 5.91 Å². The number of halogens is 1. The number of carbonyl (C=O) groups excluding carboxylic acids is 2. The third kappa shape index (κ3) is 5.05. The lowest BCUT2D eigenvalue weighted by Crippen LogP contribution is -2.42. The highest BCUT2D eigenvalue weighted by Gasteiger charge is 2.25. The quantitative estimate of drug-likeness (QED) is 0.852. The predicted molar refractivity (Wildman–Crippen MR) is 107 cm³/mol. The Bertz CT molecular complexity index is 679. The zero-order chi connectivity index (χ0) is 19.2. The number of hydrogen-bond acceptors (Lipinski definition) is 4. The SMILES string of the molecule is CCCN1CCCN(C(=O)Nc2cc(Cl)ccc2N2CCOCC2)CC1=O. The number of amides is 3. The molecule has 7 nitrogen and oxygen atoms in total. The molecule has 2 fully saturated rings. The summed E-state index contributed by atoms with van der Waals surface area (Å²) in [5.41, 5.74) is 1.58. The van der Waals surface area contributed by atoms with Gasteiger partial charge >= 0.3 is 6.03 Å². The zero-order valence-electron chi connectivity index (χ0n) is 15.7. The van der Waals surface area contributed by atoms with Crippen LogP contribution in [0.15, 0.2) is 18.2 Å². The lowest BCUT2D eigenvalue weighted by atomic mass is 10.2. The van der Waals surface area contributed by atoms with E-state index in [2.05, 4.69) is 17.1 Å². The second kappa shape index (κ2) is 9.28. The molecule has 0 aliphatic carbocycles. The molecule has 0 bridgehead atoms. The molecule has 2 aliphatic heterocycles. The summed E-state index contributed by atoms with van der Waals surface area (Å²) in [6, 6.07) is 5.23. The number of ether oxygens (including phenoxy) is 1. The van der Waals surface area contributed by atoms with Gasteiger partial charge in [-0.1, -0.05) is 18.5 Å². The van der Waals surface area contributed by atoms with Crippen molar-refractivity contribution in [2.75, 3.05) is 62.7 Å². The Labute approximate surface area is 165 Å². The van der Waals surface area contributed by atoms with Gasteiger partial charge in [0, 0.05) is 37.7 Å². The van der Waals surface area contributed by atoms with Crippen LogP contribution >= 0.6 is 11.6 Å². The molecule has 0 saturated carbocycles. The van der Waals surface area contributed by atoms with Gasteiger partial charge in [0.05, 0.1) is 24.6 Å². The van der Waals surface area contributed by atoms with Crippen molar-refractivity contribution in [1.82, 2.24) is 9.80 Å². The lowest BCUT2D eigenvalue weighted by molar-refractivity contribution is -0.130. The van der Waals surface area contributed by atoms with Gasteiger partial charge in [-0.25, -0.2) is 4.79 Å². The van der Waals surface area contributed by atoms with Crippen LogP contribution in [0.4, 0.5) is 16.2 Å². The fourth-order valence-electron chi connectivity index (χ4n) is 3.48. The molecule has 27 heavy (non-hydrogen) atoms. The molecular weight excluding hydrogens is 368 g/mol. The first-order valence-electron chi connectivity index (χ1n) is 9.54. The lowest BCUT2D eigenvalue weighted by Gasteiger charge is -2.31. The molecule has 2 saturated heterocycles. The number of benzene rings is 1. The van der Waals surface area contributed by atoms with Crippen molar-refractivity contribution < 1.29 is 14.3 Å². The minimum atomic E-state index is -0.265. The van der Waals surface area contributed by atoms with Crippen molar-refractivity contribution >= 4 is 34.9 Å². The maximum Gasteiger partial charge on any atom is 0.322 e. The number of nitrogens with zero attached hydrogens (tertiary/aromatic N) is 3. The Morgan fingerprint density at radius 1 is 1.22 bits per heavy atom. The van der Waals surface area contributed by atoms with Crippen molar-refractivity contribution in [2.24, 2.45) is 0 Å². The van der Waals surface area contributed by atoms with Gasteiger partial charge in [0.25, 0.3) is 0 Å². The van der Waals surface area contributed by atoms with Crippen LogP contribution in [0.5, 0.6) is 0 Å². The number of hydrogen-bond donors (Lipinski definition) is 1. The highest BCUT2D eigenvalue weighted by atomic mass is 35.5. The summed E-state index contributed by atoms with van der Waals surface area (Å²) in [7, 11) is 0. The number of nitrogens with one attached hydrogen (secondary N) is 1. The van der Waals surface area contributed by atoms with E-state index in [0.29, 0.717) is 37.0 Å². The fraction of sp³-hybridized carbons (Fsp3) is 0.579. The summed E-state index contributed by atoms with van der Waals surface area (Å²) in [5, 5.41) is 3.52. The molecule has 1 aromatic rings. The van der Waals surface area contributed by atoms with E-state index < -0.39 is 0 Å². The van der Waals surface area contributed by atoms with Gasteiger partial charge in [0.1, 0.15) is 6.54 Å². The van der Waals surface area contributed by atoms with E-state index in [9.17, 15) is 9.59 Å². The molecule has 0 aromatic heterocycles. The summed E-state index contributed by atoms with van der Waals surface area (Å²) in [4.78, 5) is 30.8.